The minimum atomic E-state index is -1.19. The highest BCUT2D eigenvalue weighted by Crippen LogP contribution is 2.44. The molecule has 0 spiro atoms. The van der Waals surface area contributed by atoms with E-state index in [4.69, 9.17) is 14.5 Å². The summed E-state index contributed by atoms with van der Waals surface area (Å²) in [5.74, 6) is -1.06. The summed E-state index contributed by atoms with van der Waals surface area (Å²) in [6.45, 7) is 17.1. The lowest BCUT2D eigenvalue weighted by molar-refractivity contribution is -0.160. The molecule has 2 aromatic rings. The molecule has 1 aromatic carbocycles. The number of piperidine rings is 1. The Morgan fingerprint density at radius 2 is 1.81 bits per heavy atom. The zero-order valence-corrected chi connectivity index (χ0v) is 22.3. The molecule has 1 unspecified atom stereocenters. The molecule has 1 atom stereocenters. The number of rotatable bonds is 9. The first-order valence-corrected chi connectivity index (χ1v) is 12.4. The van der Waals surface area contributed by atoms with E-state index in [9.17, 15) is 14.7 Å². The number of carboxylic acid groups (broad SMARTS) is 1. The van der Waals surface area contributed by atoms with Gasteiger partial charge in [-0.2, -0.15) is 0 Å². The van der Waals surface area contributed by atoms with Crippen LogP contribution in [0.1, 0.15) is 73.9 Å². The maximum Gasteiger partial charge on any atom is 0.337 e. The molecule has 1 aromatic heterocycles. The number of carbonyl (C=O) groups is 2. The molecule has 2 heterocycles. The minimum absolute atomic E-state index is 0.276. The number of nitrogens with zero attached hydrogens (tertiary/aromatic N) is 2. The molecule has 1 fully saturated rings. The number of aliphatic carboxylic acids is 1. The van der Waals surface area contributed by atoms with E-state index in [0.29, 0.717) is 36.5 Å². The van der Waals surface area contributed by atoms with Crippen LogP contribution in [0.4, 0.5) is 5.69 Å². The Bertz CT molecular complexity index is 1110. The van der Waals surface area contributed by atoms with E-state index in [1.165, 1.54) is 0 Å². The van der Waals surface area contributed by atoms with Crippen molar-refractivity contribution in [2.24, 2.45) is 0 Å². The van der Waals surface area contributed by atoms with Gasteiger partial charge in [0.15, 0.2) is 6.10 Å². The van der Waals surface area contributed by atoms with Gasteiger partial charge in [0.25, 0.3) is 0 Å². The Hall–Kier alpha value is -3.03. The van der Waals surface area contributed by atoms with Crippen LogP contribution in [0, 0.1) is 13.8 Å². The predicted molar refractivity (Wildman–Crippen MR) is 142 cm³/mol. The van der Waals surface area contributed by atoms with Gasteiger partial charge in [0.1, 0.15) is 6.29 Å². The predicted octanol–water partition coefficient (Wildman–Crippen LogP) is 5.68. The Labute approximate surface area is 214 Å². The van der Waals surface area contributed by atoms with Crippen molar-refractivity contribution in [1.29, 1.82) is 0 Å². The highest BCUT2D eigenvalue weighted by atomic mass is 16.5. The summed E-state index contributed by atoms with van der Waals surface area (Å²) in [5, 5.41) is 10.3. The van der Waals surface area contributed by atoms with Crippen LogP contribution in [-0.4, -0.2) is 53.2 Å². The van der Waals surface area contributed by atoms with Crippen molar-refractivity contribution in [2.75, 3.05) is 24.6 Å². The molecule has 1 saturated heterocycles. The quantitative estimate of drug-likeness (QED) is 0.354. The molecule has 36 heavy (non-hydrogen) atoms. The van der Waals surface area contributed by atoms with Crippen LogP contribution in [0.5, 0.6) is 0 Å². The summed E-state index contributed by atoms with van der Waals surface area (Å²) in [4.78, 5) is 30.8. The number of ether oxygens (including phenoxy) is 2. The van der Waals surface area contributed by atoms with Gasteiger partial charge in [0.05, 0.1) is 23.5 Å². The molecule has 0 radical (unpaired) electrons. The lowest BCUT2D eigenvalue weighted by Crippen LogP contribution is -2.45. The maximum absolute atomic E-state index is 12.6. The third kappa shape index (κ3) is 6.20. The number of benzene rings is 1. The van der Waals surface area contributed by atoms with Crippen molar-refractivity contribution in [2.45, 2.75) is 71.7 Å². The zero-order chi connectivity index (χ0) is 26.7. The standard InChI is InChI=1S/C29H38N2O5/c1-8-17-35-29(7)13-15-31(16-14-29)25-23(22-11-9-21(18-32)10-12-22)19(2)30-20(3)24(25)26(27(33)34)36-28(4,5)6/h8-12,18,26H,1,13-17H2,2-7H3,(H,33,34). The van der Waals surface area contributed by atoms with Crippen molar-refractivity contribution < 1.29 is 24.2 Å². The Balaban J connectivity index is 2.21. The summed E-state index contributed by atoms with van der Waals surface area (Å²) in [7, 11) is 0. The summed E-state index contributed by atoms with van der Waals surface area (Å²) >= 11 is 0. The van der Waals surface area contributed by atoms with Gasteiger partial charge < -0.3 is 19.5 Å². The largest absolute Gasteiger partial charge is 0.479 e. The van der Waals surface area contributed by atoms with Crippen LogP contribution in [0.2, 0.25) is 0 Å². The number of carboxylic acids is 1. The van der Waals surface area contributed by atoms with Gasteiger partial charge in [-0.25, -0.2) is 4.79 Å². The number of pyridine rings is 1. The van der Waals surface area contributed by atoms with Crippen LogP contribution in [-0.2, 0) is 14.3 Å². The molecular weight excluding hydrogens is 456 g/mol. The summed E-state index contributed by atoms with van der Waals surface area (Å²) in [6.07, 6.45) is 2.94. The first-order chi connectivity index (χ1) is 16.9. The van der Waals surface area contributed by atoms with Crippen LogP contribution < -0.4 is 4.90 Å². The van der Waals surface area contributed by atoms with Crippen LogP contribution in [0.15, 0.2) is 36.9 Å². The Kier molecular flexibility index (Phi) is 8.37. The van der Waals surface area contributed by atoms with E-state index in [2.05, 4.69) is 18.4 Å². The van der Waals surface area contributed by atoms with Gasteiger partial charge in [-0.3, -0.25) is 9.78 Å². The molecule has 1 N–H and O–H groups in total. The fourth-order valence-electron chi connectivity index (χ4n) is 4.76. The molecule has 0 amide bonds. The number of hydrogen-bond acceptors (Lipinski definition) is 6. The molecular formula is C29H38N2O5. The maximum atomic E-state index is 12.6. The van der Waals surface area contributed by atoms with E-state index in [1.807, 2.05) is 46.8 Å². The molecule has 0 saturated carbocycles. The van der Waals surface area contributed by atoms with Gasteiger partial charge in [0, 0.05) is 41.2 Å². The SMILES string of the molecule is C=CCOC1(C)CCN(c2c(-c3ccc(C=O)cc3)c(C)nc(C)c2C(OC(C)(C)C)C(=O)O)CC1. The lowest BCUT2D eigenvalue weighted by atomic mass is 9.89. The third-order valence-corrected chi connectivity index (χ3v) is 6.56. The van der Waals surface area contributed by atoms with E-state index in [-0.39, 0.29) is 5.60 Å². The third-order valence-electron chi connectivity index (χ3n) is 6.56. The van der Waals surface area contributed by atoms with Crippen LogP contribution >= 0.6 is 0 Å². The summed E-state index contributed by atoms with van der Waals surface area (Å²) < 4.78 is 12.2. The highest BCUT2D eigenvalue weighted by molar-refractivity contribution is 5.88. The van der Waals surface area contributed by atoms with Crippen LogP contribution in [0.3, 0.4) is 0 Å². The normalized spacial score (nSPS) is 16.4. The van der Waals surface area contributed by atoms with Gasteiger partial charge in [-0.05, 0) is 59.9 Å². The van der Waals surface area contributed by atoms with Crippen molar-refractivity contribution in [3.8, 4) is 11.1 Å². The van der Waals surface area contributed by atoms with E-state index in [0.717, 1.165) is 41.6 Å². The number of anilines is 1. The van der Waals surface area contributed by atoms with Gasteiger partial charge in [-0.1, -0.05) is 30.3 Å². The van der Waals surface area contributed by atoms with Gasteiger partial charge in [-0.15, -0.1) is 6.58 Å². The molecule has 0 aliphatic carbocycles. The minimum Gasteiger partial charge on any atom is -0.479 e. The molecule has 1 aliphatic heterocycles. The number of hydrogen-bond donors (Lipinski definition) is 1. The fourth-order valence-corrected chi connectivity index (χ4v) is 4.76. The lowest BCUT2D eigenvalue weighted by Gasteiger charge is -2.42. The second kappa shape index (κ2) is 10.9. The smallest absolute Gasteiger partial charge is 0.337 e. The monoisotopic (exact) mass is 494 g/mol. The zero-order valence-electron chi connectivity index (χ0n) is 22.3. The summed E-state index contributed by atoms with van der Waals surface area (Å²) in [5.41, 5.74) is 4.15. The molecule has 1 aliphatic rings. The van der Waals surface area contributed by atoms with E-state index in [1.54, 1.807) is 18.2 Å². The molecule has 7 heteroatoms. The number of aldehydes is 1. The molecule has 194 valence electrons. The van der Waals surface area contributed by atoms with Gasteiger partial charge >= 0.3 is 5.97 Å². The van der Waals surface area contributed by atoms with Crippen molar-refractivity contribution in [3.63, 3.8) is 0 Å². The average molecular weight is 495 g/mol. The molecule has 0 bridgehead atoms. The van der Waals surface area contributed by atoms with Crippen molar-refractivity contribution >= 4 is 17.9 Å². The second-order valence-electron chi connectivity index (χ2n) is 10.6. The van der Waals surface area contributed by atoms with Crippen LogP contribution in [0.25, 0.3) is 11.1 Å². The van der Waals surface area contributed by atoms with E-state index >= 15 is 0 Å². The Morgan fingerprint density at radius 3 is 2.31 bits per heavy atom. The van der Waals surface area contributed by atoms with Crippen molar-refractivity contribution in [1.82, 2.24) is 4.98 Å². The van der Waals surface area contributed by atoms with Crippen molar-refractivity contribution in [3.05, 3.63) is 59.4 Å². The number of aromatic nitrogens is 1. The summed E-state index contributed by atoms with van der Waals surface area (Å²) in [6, 6.07) is 7.31. The first-order valence-electron chi connectivity index (χ1n) is 12.4. The van der Waals surface area contributed by atoms with E-state index < -0.39 is 17.7 Å². The molecule has 7 nitrogen and oxygen atoms in total. The second-order valence-corrected chi connectivity index (χ2v) is 10.6. The number of carbonyl (C=O) groups excluding carboxylic acids is 1. The highest BCUT2D eigenvalue weighted by Gasteiger charge is 2.37. The fraction of sp³-hybridized carbons (Fsp3) is 0.483. The number of aryl methyl sites for hydroxylation is 2. The van der Waals surface area contributed by atoms with Gasteiger partial charge in [0.2, 0.25) is 0 Å². The molecule has 3 rings (SSSR count). The Morgan fingerprint density at radius 1 is 1.19 bits per heavy atom. The average Bonchev–Trinajstić information content (AvgIpc) is 2.81. The first kappa shape index (κ1) is 27.6. The topological polar surface area (TPSA) is 89.0 Å².